The van der Waals surface area contributed by atoms with Crippen LogP contribution in [0.15, 0.2) is 219 Å². The van der Waals surface area contributed by atoms with E-state index in [-0.39, 0.29) is 26.5 Å². The molecule has 0 bridgehead atoms. The van der Waals surface area contributed by atoms with E-state index in [2.05, 4.69) is 249 Å². The van der Waals surface area contributed by atoms with Gasteiger partial charge in [0.2, 0.25) is 0 Å². The molecule has 0 fully saturated rings. The van der Waals surface area contributed by atoms with Crippen molar-refractivity contribution in [1.82, 2.24) is 9.55 Å². The summed E-state index contributed by atoms with van der Waals surface area (Å²) in [7, 11) is 0. The molecule has 11 aromatic rings. The quantitative estimate of drug-likeness (QED) is 0.135. The normalized spacial score (nSPS) is 12.3. The van der Waals surface area contributed by atoms with Crippen molar-refractivity contribution in [2.45, 2.75) is 33.1 Å². The molecule has 0 atom stereocenters. The zero-order valence-electron chi connectivity index (χ0n) is 39.9. The van der Waals surface area contributed by atoms with Crippen molar-refractivity contribution in [1.29, 1.82) is 0 Å². The molecule has 71 heavy (non-hydrogen) atoms. The van der Waals surface area contributed by atoms with Crippen LogP contribution in [-0.2, 0) is 26.5 Å². The van der Waals surface area contributed by atoms with Gasteiger partial charge in [0.05, 0.1) is 0 Å². The molecule has 9 aromatic carbocycles. The van der Waals surface area contributed by atoms with Gasteiger partial charge in [0, 0.05) is 78.0 Å². The molecule has 348 valence electrons. The number of benzene rings is 9. The maximum atomic E-state index is 6.76. The molecule has 1 aliphatic heterocycles. The van der Waals surface area contributed by atoms with Crippen LogP contribution >= 0.6 is 0 Å². The monoisotopic (exact) mass is 1100 g/mol. The van der Waals surface area contributed by atoms with Gasteiger partial charge in [-0.2, -0.15) is 12.1 Å². The van der Waals surface area contributed by atoms with Crippen molar-refractivity contribution in [3.05, 3.63) is 248 Å². The van der Waals surface area contributed by atoms with Crippen LogP contribution in [0.4, 0.5) is 22.7 Å². The van der Waals surface area contributed by atoms with Gasteiger partial charge in [0.15, 0.2) is 0 Å². The molecule has 6 heteroatoms. The van der Waals surface area contributed by atoms with E-state index in [0.717, 1.165) is 94.9 Å². The molecule has 1 aliphatic rings. The summed E-state index contributed by atoms with van der Waals surface area (Å²) < 4.78 is 8.98. The molecule has 5 nitrogen and oxygen atoms in total. The van der Waals surface area contributed by atoms with Gasteiger partial charge < -0.3 is 19.1 Å². The van der Waals surface area contributed by atoms with E-state index in [0.29, 0.717) is 11.5 Å². The largest absolute Gasteiger partial charge is 0.509 e. The summed E-state index contributed by atoms with van der Waals surface area (Å²) in [5.41, 5.74) is 17.7. The van der Waals surface area contributed by atoms with E-state index in [1.165, 1.54) is 11.1 Å². The Morgan fingerprint density at radius 1 is 0.493 bits per heavy atom. The average Bonchev–Trinajstić information content (AvgIpc) is 3.94. The number of nitrogens with zero attached hydrogens (tertiary/aromatic N) is 4. The van der Waals surface area contributed by atoms with E-state index < -0.39 is 0 Å². The first-order valence-corrected chi connectivity index (χ1v) is 23.9. The van der Waals surface area contributed by atoms with Gasteiger partial charge in [-0.3, -0.25) is 0 Å². The van der Waals surface area contributed by atoms with E-state index in [1.54, 1.807) is 0 Å². The van der Waals surface area contributed by atoms with Crippen molar-refractivity contribution >= 4 is 44.6 Å². The predicted molar refractivity (Wildman–Crippen MR) is 289 cm³/mol. The summed E-state index contributed by atoms with van der Waals surface area (Å²) in [5.74, 6) is 1.98. The standard InChI is InChI=1S/C65H49N4O.Pt/c1-44-38-63(66-42-58(44)48-22-12-7-13-23-48)69-59-37-32-49(45-30-33-50(34-31-45)65(2,3)4)39-57(59)56-36-35-53(41-62(56)69)70-52-25-16-24-51(40-52)67-43-68(61-29-15-14-28-60(61)67)64-54(46-18-8-5-9-19-46)26-17-27-55(64)47-20-10-6-11-21-47;/h5-39,42-43H,1-4H3;/q-3;. The van der Waals surface area contributed by atoms with Crippen LogP contribution in [0.3, 0.4) is 0 Å². The third kappa shape index (κ3) is 8.51. The number of fused-ring (bicyclic) bond motifs is 4. The van der Waals surface area contributed by atoms with Gasteiger partial charge in [0.25, 0.3) is 0 Å². The summed E-state index contributed by atoms with van der Waals surface area (Å²) in [4.78, 5) is 9.63. The molecule has 0 saturated heterocycles. The van der Waals surface area contributed by atoms with Gasteiger partial charge >= 0.3 is 0 Å². The summed E-state index contributed by atoms with van der Waals surface area (Å²) in [6.45, 7) is 11.1. The number of ether oxygens (including phenoxy) is 1. The Morgan fingerprint density at radius 2 is 1.07 bits per heavy atom. The molecular formula is C65H49N4OPt-3. The van der Waals surface area contributed by atoms with Crippen LogP contribution in [0.1, 0.15) is 31.9 Å². The van der Waals surface area contributed by atoms with E-state index in [1.807, 2.05) is 30.5 Å². The molecule has 0 unspecified atom stereocenters. The van der Waals surface area contributed by atoms with Crippen LogP contribution < -0.4 is 14.5 Å². The smallest absolute Gasteiger partial charge is 0.135 e. The second-order valence-corrected chi connectivity index (χ2v) is 19.0. The van der Waals surface area contributed by atoms with Gasteiger partial charge in [-0.25, -0.2) is 4.98 Å². The summed E-state index contributed by atoms with van der Waals surface area (Å²) in [6.07, 6.45) is 1.99. The van der Waals surface area contributed by atoms with Crippen molar-refractivity contribution in [3.8, 4) is 61.8 Å². The Bertz CT molecular complexity index is 3650. The number of anilines is 4. The summed E-state index contributed by atoms with van der Waals surface area (Å²) in [6, 6.07) is 82.2. The predicted octanol–water partition coefficient (Wildman–Crippen LogP) is 17.3. The molecule has 12 rings (SSSR count). The Morgan fingerprint density at radius 3 is 1.70 bits per heavy atom. The minimum Gasteiger partial charge on any atom is -0.509 e. The number of pyridine rings is 1. The van der Waals surface area contributed by atoms with Gasteiger partial charge in [-0.1, -0.05) is 184 Å². The molecule has 0 N–H and O–H groups in total. The Balaban J connectivity index is 0.00000547. The van der Waals surface area contributed by atoms with Crippen LogP contribution in [0.5, 0.6) is 11.5 Å². The minimum absolute atomic E-state index is 0. The van der Waals surface area contributed by atoms with Gasteiger partial charge in [-0.15, -0.1) is 48.1 Å². The SMILES string of the molecule is Cc1cc(-n2c3[c-]c(Oc4[c-]c(N5[CH-]N(c6c(-c7ccccc7)cccc6-c6ccccc6)c6ccccc65)ccc4)ccc3c3cc(-c4ccc(C(C)(C)C)cc4)ccc32)ncc1-c1ccccc1.[Pt]. The molecule has 0 aliphatic carbocycles. The maximum Gasteiger partial charge on any atom is 0.135 e. The number of hydrogen-bond acceptors (Lipinski definition) is 4. The number of hydrogen-bond donors (Lipinski definition) is 0. The molecule has 0 saturated carbocycles. The fourth-order valence-electron chi connectivity index (χ4n) is 9.89. The van der Waals surface area contributed by atoms with Crippen LogP contribution in [0, 0.1) is 25.7 Å². The van der Waals surface area contributed by atoms with Crippen molar-refractivity contribution in [2.24, 2.45) is 0 Å². The van der Waals surface area contributed by atoms with Gasteiger partial charge in [0.1, 0.15) is 5.82 Å². The molecule has 2 aromatic heterocycles. The fraction of sp³-hybridized carbons (Fsp3) is 0.0769. The first-order valence-electron chi connectivity index (χ1n) is 23.9. The minimum atomic E-state index is 0. The summed E-state index contributed by atoms with van der Waals surface area (Å²) in [5, 5.41) is 2.18. The molecule has 0 spiro atoms. The Kier molecular flexibility index (Phi) is 12.0. The first-order chi connectivity index (χ1) is 34.2. The van der Waals surface area contributed by atoms with Gasteiger partial charge in [-0.05, 0) is 80.9 Å². The topological polar surface area (TPSA) is 33.5 Å². The van der Waals surface area contributed by atoms with Crippen LogP contribution in [0.2, 0.25) is 0 Å². The Hall–Kier alpha value is -7.98. The number of para-hydroxylation sites is 3. The molecule has 0 radical (unpaired) electrons. The zero-order valence-corrected chi connectivity index (χ0v) is 42.1. The van der Waals surface area contributed by atoms with E-state index in [9.17, 15) is 0 Å². The second-order valence-electron chi connectivity index (χ2n) is 19.0. The average molecular weight is 1100 g/mol. The summed E-state index contributed by atoms with van der Waals surface area (Å²) >= 11 is 0. The van der Waals surface area contributed by atoms with Crippen molar-refractivity contribution < 1.29 is 25.8 Å². The zero-order chi connectivity index (χ0) is 47.3. The van der Waals surface area contributed by atoms with Crippen LogP contribution in [-0.4, -0.2) is 9.55 Å². The molecular weight excluding hydrogens is 1050 g/mol. The molecule has 3 heterocycles. The third-order valence-electron chi connectivity index (χ3n) is 13.5. The van der Waals surface area contributed by atoms with E-state index >= 15 is 0 Å². The van der Waals surface area contributed by atoms with E-state index in [4.69, 9.17) is 9.72 Å². The number of aromatic nitrogens is 2. The number of rotatable bonds is 9. The third-order valence-corrected chi connectivity index (χ3v) is 13.5. The fourth-order valence-corrected chi connectivity index (χ4v) is 9.89. The Labute approximate surface area is 430 Å². The van der Waals surface area contributed by atoms with Crippen LogP contribution in [0.25, 0.3) is 72.1 Å². The molecule has 0 amide bonds. The van der Waals surface area contributed by atoms with Crippen molar-refractivity contribution in [3.63, 3.8) is 0 Å². The van der Waals surface area contributed by atoms with Crippen molar-refractivity contribution in [2.75, 3.05) is 9.80 Å². The number of aryl methyl sites for hydroxylation is 1. The second kappa shape index (κ2) is 18.7. The maximum absolute atomic E-state index is 6.76. The first kappa shape index (κ1) is 45.5.